The van der Waals surface area contributed by atoms with Crippen LogP contribution in [0.25, 0.3) is 16.7 Å². The number of hydrogen-bond donors (Lipinski definition) is 0. The molecular weight excluding hydrogens is 240 g/mol. The van der Waals surface area contributed by atoms with E-state index in [0.717, 1.165) is 40.4 Å². The van der Waals surface area contributed by atoms with E-state index in [1.54, 1.807) is 12.4 Å². The van der Waals surface area contributed by atoms with Crippen LogP contribution in [0.15, 0.2) is 30.7 Å². The molecule has 0 atom stereocenters. The Hall–Kier alpha value is -2.43. The van der Waals surface area contributed by atoms with Gasteiger partial charge >= 0.3 is 0 Å². The fourth-order valence-electron chi connectivity index (χ4n) is 2.54. The quantitative estimate of drug-likeness (QED) is 0.665. The number of ether oxygens (including phenoxy) is 1. The van der Waals surface area contributed by atoms with Crippen molar-refractivity contribution in [3.8, 4) is 11.7 Å². The number of aromatic nitrogens is 4. The fourth-order valence-corrected chi connectivity index (χ4v) is 2.54. The van der Waals surface area contributed by atoms with Crippen molar-refractivity contribution in [3.63, 3.8) is 0 Å². The summed E-state index contributed by atoms with van der Waals surface area (Å²) in [4.78, 5) is 13.4. The third kappa shape index (κ3) is 1.44. The van der Waals surface area contributed by atoms with Crippen molar-refractivity contribution in [2.75, 3.05) is 6.61 Å². The first-order valence-corrected chi connectivity index (χ1v) is 6.25. The largest absolute Gasteiger partial charge is 0.477 e. The van der Waals surface area contributed by atoms with Crippen LogP contribution in [0.4, 0.5) is 0 Å². The number of pyridine rings is 2. The first-order valence-electron chi connectivity index (χ1n) is 6.25. The molecule has 0 bridgehead atoms. The second-order valence-corrected chi connectivity index (χ2v) is 4.56. The van der Waals surface area contributed by atoms with Crippen LogP contribution in [-0.4, -0.2) is 26.1 Å². The highest BCUT2D eigenvalue weighted by molar-refractivity contribution is 5.89. The van der Waals surface area contributed by atoms with Gasteiger partial charge in [0.1, 0.15) is 11.3 Å². The molecule has 0 aliphatic carbocycles. The van der Waals surface area contributed by atoms with E-state index in [1.165, 1.54) is 0 Å². The highest BCUT2D eigenvalue weighted by atomic mass is 16.5. The Morgan fingerprint density at radius 1 is 1.26 bits per heavy atom. The summed E-state index contributed by atoms with van der Waals surface area (Å²) >= 11 is 0. The zero-order valence-corrected chi connectivity index (χ0v) is 10.5. The highest BCUT2D eigenvalue weighted by Gasteiger charge is 2.21. The summed E-state index contributed by atoms with van der Waals surface area (Å²) in [5, 5.41) is 1.12. The summed E-state index contributed by atoms with van der Waals surface area (Å²) in [7, 11) is 0. The van der Waals surface area contributed by atoms with Crippen molar-refractivity contribution in [2.24, 2.45) is 0 Å². The van der Waals surface area contributed by atoms with Crippen LogP contribution in [0.3, 0.4) is 0 Å². The lowest BCUT2D eigenvalue weighted by atomic mass is 10.1. The molecular formula is C14H12N4O. The number of hydrogen-bond acceptors (Lipinski definition) is 4. The first kappa shape index (κ1) is 10.5. The molecule has 0 saturated heterocycles. The van der Waals surface area contributed by atoms with E-state index < -0.39 is 0 Å². The molecule has 19 heavy (non-hydrogen) atoms. The Balaban J connectivity index is 2.12. The van der Waals surface area contributed by atoms with E-state index in [9.17, 15) is 0 Å². The molecule has 3 aromatic heterocycles. The zero-order valence-electron chi connectivity index (χ0n) is 10.5. The average Bonchev–Trinajstić information content (AvgIpc) is 3.06. The minimum atomic E-state index is 0.693. The molecule has 94 valence electrons. The molecule has 5 nitrogen and oxygen atoms in total. The molecule has 0 fully saturated rings. The van der Waals surface area contributed by atoms with Crippen LogP contribution >= 0.6 is 0 Å². The van der Waals surface area contributed by atoms with Crippen LogP contribution in [0.1, 0.15) is 11.4 Å². The van der Waals surface area contributed by atoms with Gasteiger partial charge in [0.2, 0.25) is 5.88 Å². The molecule has 0 spiro atoms. The van der Waals surface area contributed by atoms with Crippen molar-refractivity contribution < 1.29 is 4.74 Å². The van der Waals surface area contributed by atoms with Crippen molar-refractivity contribution in [2.45, 2.75) is 13.3 Å². The summed E-state index contributed by atoms with van der Waals surface area (Å²) in [6.07, 6.45) is 6.35. The molecule has 0 N–H and O–H groups in total. The summed E-state index contributed by atoms with van der Waals surface area (Å²) in [6, 6.07) is 4.03. The number of rotatable bonds is 1. The average molecular weight is 252 g/mol. The van der Waals surface area contributed by atoms with E-state index in [2.05, 4.69) is 21.0 Å². The lowest BCUT2D eigenvalue weighted by Gasteiger charge is -2.10. The van der Waals surface area contributed by atoms with E-state index in [-0.39, 0.29) is 0 Å². The van der Waals surface area contributed by atoms with Gasteiger partial charge in [-0.05, 0) is 13.0 Å². The number of fused-ring (bicyclic) bond motifs is 3. The van der Waals surface area contributed by atoms with Gasteiger partial charge in [0.25, 0.3) is 0 Å². The summed E-state index contributed by atoms with van der Waals surface area (Å²) < 4.78 is 7.55. The standard InChI is InChI=1S/C14H12N4O/c1-9-15-6-7-18(9)13-12-10(3-2-5-16-12)11-4-8-19-14(11)17-13/h2-3,5-7H,4,8H2,1H3. The molecule has 0 aromatic carbocycles. The monoisotopic (exact) mass is 252 g/mol. The SMILES string of the molecule is Cc1nccn1-c1nc2c(c3cccnc13)CCO2. The van der Waals surface area contributed by atoms with E-state index >= 15 is 0 Å². The Labute approximate surface area is 109 Å². The van der Waals surface area contributed by atoms with Gasteiger partial charge in [-0.25, -0.2) is 4.98 Å². The maximum absolute atomic E-state index is 5.61. The van der Waals surface area contributed by atoms with E-state index in [4.69, 9.17) is 4.74 Å². The molecule has 0 unspecified atom stereocenters. The Bertz CT molecular complexity index is 778. The smallest absolute Gasteiger partial charge is 0.219 e. The Morgan fingerprint density at radius 3 is 3.05 bits per heavy atom. The van der Waals surface area contributed by atoms with E-state index in [0.29, 0.717) is 6.61 Å². The highest BCUT2D eigenvalue weighted by Crippen LogP contribution is 2.32. The van der Waals surface area contributed by atoms with E-state index in [1.807, 2.05) is 23.8 Å². The summed E-state index contributed by atoms with van der Waals surface area (Å²) in [5.41, 5.74) is 2.05. The minimum absolute atomic E-state index is 0.693. The van der Waals surface area contributed by atoms with Gasteiger partial charge < -0.3 is 4.74 Å². The number of nitrogens with zero attached hydrogens (tertiary/aromatic N) is 4. The van der Waals surface area contributed by atoms with Crippen molar-refractivity contribution in [3.05, 3.63) is 42.1 Å². The maximum atomic E-state index is 5.61. The molecule has 4 rings (SSSR count). The molecule has 1 aliphatic heterocycles. The van der Waals surface area contributed by atoms with Crippen LogP contribution in [0, 0.1) is 6.92 Å². The van der Waals surface area contributed by atoms with Crippen LogP contribution in [0.5, 0.6) is 5.88 Å². The lowest BCUT2D eigenvalue weighted by molar-refractivity contribution is 0.344. The van der Waals surface area contributed by atoms with Crippen molar-refractivity contribution in [1.82, 2.24) is 19.5 Å². The molecule has 5 heteroatoms. The van der Waals surface area contributed by atoms with Crippen molar-refractivity contribution in [1.29, 1.82) is 0 Å². The van der Waals surface area contributed by atoms with Crippen LogP contribution in [-0.2, 0) is 6.42 Å². The molecule has 1 aliphatic rings. The first-order chi connectivity index (χ1) is 9.34. The molecule has 0 amide bonds. The molecule has 3 aromatic rings. The lowest BCUT2D eigenvalue weighted by Crippen LogP contribution is -2.03. The van der Waals surface area contributed by atoms with Gasteiger partial charge in [0, 0.05) is 36.0 Å². The zero-order chi connectivity index (χ0) is 12.8. The van der Waals surface area contributed by atoms with Gasteiger partial charge in [-0.2, -0.15) is 4.98 Å². The third-order valence-electron chi connectivity index (χ3n) is 3.46. The summed E-state index contributed by atoms with van der Waals surface area (Å²) in [5.74, 6) is 2.40. The maximum Gasteiger partial charge on any atom is 0.219 e. The molecule has 0 radical (unpaired) electrons. The van der Waals surface area contributed by atoms with Gasteiger partial charge in [0.15, 0.2) is 5.82 Å². The Morgan fingerprint density at radius 2 is 2.21 bits per heavy atom. The van der Waals surface area contributed by atoms with Crippen molar-refractivity contribution >= 4 is 10.9 Å². The second-order valence-electron chi connectivity index (χ2n) is 4.56. The van der Waals surface area contributed by atoms with Gasteiger partial charge in [-0.3, -0.25) is 9.55 Å². The minimum Gasteiger partial charge on any atom is -0.477 e. The fraction of sp³-hybridized carbons (Fsp3) is 0.214. The number of aryl methyl sites for hydroxylation is 1. The molecule has 0 saturated carbocycles. The topological polar surface area (TPSA) is 52.8 Å². The molecule has 4 heterocycles. The van der Waals surface area contributed by atoms with Crippen LogP contribution < -0.4 is 4.74 Å². The normalized spacial score (nSPS) is 13.5. The van der Waals surface area contributed by atoms with Gasteiger partial charge in [-0.1, -0.05) is 6.07 Å². The predicted molar refractivity (Wildman–Crippen MR) is 70.6 cm³/mol. The predicted octanol–water partition coefficient (Wildman–Crippen LogP) is 2.06. The van der Waals surface area contributed by atoms with Gasteiger partial charge in [-0.15, -0.1) is 0 Å². The Kier molecular flexibility index (Phi) is 2.09. The third-order valence-corrected chi connectivity index (χ3v) is 3.46. The summed E-state index contributed by atoms with van der Waals surface area (Å²) in [6.45, 7) is 2.64. The second kappa shape index (κ2) is 3.78. The van der Waals surface area contributed by atoms with Gasteiger partial charge in [0.05, 0.1) is 6.61 Å². The number of imidazole rings is 1. The van der Waals surface area contributed by atoms with Crippen LogP contribution in [0.2, 0.25) is 0 Å².